The van der Waals surface area contributed by atoms with E-state index in [0.29, 0.717) is 6.42 Å². The molecule has 0 aromatic rings. The molecule has 1 fully saturated rings. The first-order valence-electron chi connectivity index (χ1n) is 4.25. The van der Waals surface area contributed by atoms with Crippen molar-refractivity contribution in [3.8, 4) is 0 Å². The second-order valence-electron chi connectivity index (χ2n) is 3.96. The van der Waals surface area contributed by atoms with Crippen LogP contribution in [-0.2, 0) is 14.3 Å². The van der Waals surface area contributed by atoms with E-state index in [-0.39, 0.29) is 12.0 Å². The van der Waals surface area contributed by atoms with Crippen molar-refractivity contribution in [2.75, 3.05) is 6.61 Å². The van der Waals surface area contributed by atoms with Crippen molar-refractivity contribution in [2.45, 2.75) is 27.2 Å². The zero-order valence-corrected chi connectivity index (χ0v) is 8.77. The lowest BCUT2D eigenvalue weighted by atomic mass is 9.97. The summed E-state index contributed by atoms with van der Waals surface area (Å²) < 4.78 is 4.82. The quantitative estimate of drug-likeness (QED) is 0.400. The van der Waals surface area contributed by atoms with E-state index in [1.165, 1.54) is 0 Å². The molecule has 1 rings (SSSR count). The monoisotopic (exact) mass is 204 g/mol. The Balaban J connectivity index is 2.85. The molecule has 3 nitrogen and oxygen atoms in total. The fourth-order valence-corrected chi connectivity index (χ4v) is 2.04. The van der Waals surface area contributed by atoms with Crippen molar-refractivity contribution in [2.24, 2.45) is 10.8 Å². The molecule has 0 amide bonds. The van der Waals surface area contributed by atoms with E-state index in [9.17, 15) is 9.59 Å². The molecule has 0 saturated heterocycles. The maximum atomic E-state index is 11.5. The smallest absolute Gasteiger partial charge is 0.321 e. The molecule has 0 aliphatic heterocycles. The summed E-state index contributed by atoms with van der Waals surface area (Å²) in [6.45, 7) is 5.66. The lowest BCUT2D eigenvalue weighted by molar-refractivity contribution is -0.153. The summed E-state index contributed by atoms with van der Waals surface area (Å²) in [7, 11) is 0. The highest BCUT2D eigenvalue weighted by Crippen LogP contribution is 2.65. The SMILES string of the molecule is CCOC(=O)[C@]1(C(=O)Cl)CC1(C)C. The summed E-state index contributed by atoms with van der Waals surface area (Å²) in [5.74, 6) is -0.486. The van der Waals surface area contributed by atoms with Crippen LogP contribution in [0.25, 0.3) is 0 Å². The van der Waals surface area contributed by atoms with Gasteiger partial charge in [-0.15, -0.1) is 0 Å². The van der Waals surface area contributed by atoms with Crippen molar-refractivity contribution in [1.82, 2.24) is 0 Å². The van der Waals surface area contributed by atoms with Crippen LogP contribution in [0.1, 0.15) is 27.2 Å². The van der Waals surface area contributed by atoms with Crippen molar-refractivity contribution >= 4 is 22.8 Å². The van der Waals surface area contributed by atoms with E-state index < -0.39 is 16.6 Å². The van der Waals surface area contributed by atoms with Crippen LogP contribution in [0.5, 0.6) is 0 Å². The summed E-state index contributed by atoms with van der Waals surface area (Å²) in [6, 6.07) is 0. The van der Waals surface area contributed by atoms with Crippen LogP contribution >= 0.6 is 11.6 Å². The minimum absolute atomic E-state index is 0.279. The molecule has 0 bridgehead atoms. The number of carbonyl (C=O) groups is 2. The Morgan fingerprint density at radius 1 is 1.46 bits per heavy atom. The lowest BCUT2D eigenvalue weighted by Gasteiger charge is -2.13. The molecular weight excluding hydrogens is 192 g/mol. The first-order valence-corrected chi connectivity index (χ1v) is 4.63. The van der Waals surface area contributed by atoms with E-state index in [1.807, 2.05) is 13.8 Å². The lowest BCUT2D eigenvalue weighted by Crippen LogP contribution is -2.29. The normalized spacial score (nSPS) is 29.5. The molecule has 0 radical (unpaired) electrons. The summed E-state index contributed by atoms with van der Waals surface area (Å²) in [5.41, 5.74) is -1.43. The largest absolute Gasteiger partial charge is 0.465 e. The van der Waals surface area contributed by atoms with Crippen molar-refractivity contribution in [1.29, 1.82) is 0 Å². The molecule has 0 aromatic heterocycles. The van der Waals surface area contributed by atoms with Crippen LogP contribution in [0.3, 0.4) is 0 Å². The number of hydrogen-bond acceptors (Lipinski definition) is 3. The maximum Gasteiger partial charge on any atom is 0.321 e. The third-order valence-electron chi connectivity index (χ3n) is 2.70. The van der Waals surface area contributed by atoms with Crippen LogP contribution < -0.4 is 0 Å². The molecule has 13 heavy (non-hydrogen) atoms. The van der Waals surface area contributed by atoms with Gasteiger partial charge in [0.25, 0.3) is 0 Å². The highest BCUT2D eigenvalue weighted by molar-refractivity contribution is 6.67. The third-order valence-corrected chi connectivity index (χ3v) is 3.02. The van der Waals surface area contributed by atoms with E-state index >= 15 is 0 Å². The molecule has 1 aliphatic rings. The minimum atomic E-state index is -1.08. The zero-order valence-electron chi connectivity index (χ0n) is 8.02. The van der Waals surface area contributed by atoms with Gasteiger partial charge < -0.3 is 4.74 Å². The van der Waals surface area contributed by atoms with E-state index in [1.54, 1.807) is 6.92 Å². The molecule has 0 heterocycles. The number of ether oxygens (including phenoxy) is 1. The molecule has 1 atom stereocenters. The first kappa shape index (κ1) is 10.5. The van der Waals surface area contributed by atoms with Gasteiger partial charge in [0.05, 0.1) is 6.61 Å². The number of halogens is 1. The second-order valence-corrected chi connectivity index (χ2v) is 4.30. The van der Waals surface area contributed by atoms with Crippen LogP contribution in [-0.4, -0.2) is 17.8 Å². The second kappa shape index (κ2) is 2.98. The fraction of sp³-hybridized carbons (Fsp3) is 0.778. The predicted molar refractivity (Wildman–Crippen MR) is 48.3 cm³/mol. The van der Waals surface area contributed by atoms with Gasteiger partial charge in [-0.25, -0.2) is 0 Å². The van der Waals surface area contributed by atoms with Crippen LogP contribution in [0, 0.1) is 10.8 Å². The van der Waals surface area contributed by atoms with E-state index in [0.717, 1.165) is 0 Å². The zero-order chi connectivity index (χ0) is 10.3. The first-order chi connectivity index (χ1) is 5.88. The number of carbonyl (C=O) groups excluding carboxylic acids is 2. The molecule has 0 aromatic carbocycles. The van der Waals surface area contributed by atoms with Gasteiger partial charge in [0, 0.05) is 0 Å². The predicted octanol–water partition coefficient (Wildman–Crippen LogP) is 1.73. The molecule has 4 heteroatoms. The van der Waals surface area contributed by atoms with Gasteiger partial charge in [-0.3, -0.25) is 9.59 Å². The number of hydrogen-bond donors (Lipinski definition) is 0. The Morgan fingerprint density at radius 3 is 2.15 bits per heavy atom. The fourth-order valence-electron chi connectivity index (χ4n) is 1.64. The van der Waals surface area contributed by atoms with Crippen molar-refractivity contribution in [3.05, 3.63) is 0 Å². The highest BCUT2D eigenvalue weighted by atomic mass is 35.5. The average molecular weight is 205 g/mol. The van der Waals surface area contributed by atoms with Gasteiger partial charge >= 0.3 is 5.97 Å². The molecule has 1 saturated carbocycles. The average Bonchev–Trinajstić information content (AvgIpc) is 2.56. The molecular formula is C9H13ClO3. The van der Waals surface area contributed by atoms with Crippen molar-refractivity contribution in [3.63, 3.8) is 0 Å². The van der Waals surface area contributed by atoms with E-state index in [4.69, 9.17) is 16.3 Å². The van der Waals surface area contributed by atoms with Gasteiger partial charge in [0.2, 0.25) is 5.24 Å². The Kier molecular flexibility index (Phi) is 2.41. The summed E-state index contributed by atoms with van der Waals surface area (Å²) in [6.07, 6.45) is 0.487. The van der Waals surface area contributed by atoms with Gasteiger partial charge in [-0.2, -0.15) is 0 Å². The Hall–Kier alpha value is -0.570. The van der Waals surface area contributed by atoms with Crippen molar-refractivity contribution < 1.29 is 14.3 Å². The Morgan fingerprint density at radius 2 is 1.92 bits per heavy atom. The standard InChI is InChI=1S/C9H13ClO3/c1-4-13-7(12)9(6(10)11)5-8(9,2)3/h4-5H2,1-3H3/t9-/m1/s1. The van der Waals surface area contributed by atoms with Crippen LogP contribution in [0.15, 0.2) is 0 Å². The molecule has 1 aliphatic carbocycles. The number of esters is 1. The van der Waals surface area contributed by atoms with Gasteiger partial charge in [0.15, 0.2) is 0 Å². The number of rotatable bonds is 3. The van der Waals surface area contributed by atoms with Gasteiger partial charge in [0.1, 0.15) is 5.41 Å². The molecule has 0 unspecified atom stereocenters. The summed E-state index contributed by atoms with van der Waals surface area (Å²) in [4.78, 5) is 22.6. The van der Waals surface area contributed by atoms with Crippen LogP contribution in [0.4, 0.5) is 0 Å². The van der Waals surface area contributed by atoms with Gasteiger partial charge in [-0.1, -0.05) is 13.8 Å². The minimum Gasteiger partial charge on any atom is -0.465 e. The summed E-state index contributed by atoms with van der Waals surface area (Å²) in [5, 5.41) is -0.601. The topological polar surface area (TPSA) is 43.4 Å². The molecule has 74 valence electrons. The van der Waals surface area contributed by atoms with Gasteiger partial charge in [-0.05, 0) is 30.4 Å². The third kappa shape index (κ3) is 1.35. The summed E-state index contributed by atoms with van der Waals surface area (Å²) >= 11 is 5.41. The maximum absolute atomic E-state index is 11.5. The molecule has 0 spiro atoms. The molecule has 0 N–H and O–H groups in total. The highest BCUT2D eigenvalue weighted by Gasteiger charge is 2.72. The van der Waals surface area contributed by atoms with E-state index in [2.05, 4.69) is 0 Å². The van der Waals surface area contributed by atoms with Crippen LogP contribution in [0.2, 0.25) is 0 Å². The Bertz CT molecular complexity index is 260. The Labute approximate surface area is 82.4 Å².